The van der Waals surface area contributed by atoms with Crippen molar-refractivity contribution in [3.8, 4) is 5.75 Å². The number of carbonyl (C=O) groups excluding carboxylic acids is 1. The standard InChI is InChI=1S/C19H16N2O4S/c1-2-21-17(23)16(11-12-6-3-4-9-15(12)22)26-19(21)20-14-8-5-7-13(10-14)18(24)25/h3-11,22H,2H2,1H3,(H,24,25)/b16-11-,20-19?. The number of phenolic OH excluding ortho intramolecular Hbond substituents is 1. The van der Waals surface area contributed by atoms with E-state index in [0.29, 0.717) is 27.9 Å². The molecule has 2 N–H and O–H groups in total. The molecule has 3 rings (SSSR count). The van der Waals surface area contributed by atoms with Gasteiger partial charge in [-0.25, -0.2) is 9.79 Å². The Bertz CT molecular complexity index is 937. The first-order chi connectivity index (χ1) is 12.5. The summed E-state index contributed by atoms with van der Waals surface area (Å²) in [5.41, 5.74) is 1.14. The molecule has 0 atom stereocenters. The van der Waals surface area contributed by atoms with Gasteiger partial charge < -0.3 is 10.2 Å². The molecule has 1 amide bonds. The highest BCUT2D eigenvalue weighted by Crippen LogP contribution is 2.35. The molecule has 26 heavy (non-hydrogen) atoms. The molecule has 0 bridgehead atoms. The zero-order valence-corrected chi connectivity index (χ0v) is 14.7. The van der Waals surface area contributed by atoms with Crippen LogP contribution in [0.15, 0.2) is 58.4 Å². The largest absolute Gasteiger partial charge is 0.507 e. The molecule has 132 valence electrons. The highest BCUT2D eigenvalue weighted by atomic mass is 32.2. The molecule has 0 saturated carbocycles. The third-order valence-electron chi connectivity index (χ3n) is 3.75. The Hall–Kier alpha value is -3.06. The number of carboxylic acid groups (broad SMARTS) is 1. The van der Waals surface area contributed by atoms with Crippen molar-refractivity contribution in [1.82, 2.24) is 4.90 Å². The van der Waals surface area contributed by atoms with Crippen molar-refractivity contribution in [2.24, 2.45) is 4.99 Å². The molecule has 2 aromatic carbocycles. The Morgan fingerprint density at radius 1 is 1.23 bits per heavy atom. The molecule has 1 aliphatic heterocycles. The van der Waals surface area contributed by atoms with Gasteiger partial charge in [-0.05, 0) is 49.0 Å². The Morgan fingerprint density at radius 2 is 2.00 bits per heavy atom. The minimum absolute atomic E-state index is 0.0935. The van der Waals surface area contributed by atoms with Crippen LogP contribution in [0.5, 0.6) is 5.75 Å². The first kappa shape index (κ1) is 17.8. The summed E-state index contributed by atoms with van der Waals surface area (Å²) < 4.78 is 0. The number of aromatic carboxylic acids is 1. The van der Waals surface area contributed by atoms with Gasteiger partial charge in [0, 0.05) is 12.1 Å². The Morgan fingerprint density at radius 3 is 2.69 bits per heavy atom. The second-order valence-corrected chi connectivity index (χ2v) is 6.48. The average Bonchev–Trinajstić information content (AvgIpc) is 2.91. The molecule has 0 aromatic heterocycles. The Kier molecular flexibility index (Phi) is 5.09. The molecule has 1 fully saturated rings. The summed E-state index contributed by atoms with van der Waals surface area (Å²) in [7, 11) is 0. The molecule has 1 heterocycles. The predicted molar refractivity (Wildman–Crippen MR) is 102 cm³/mol. The quantitative estimate of drug-likeness (QED) is 0.803. The van der Waals surface area contributed by atoms with Gasteiger partial charge in [0.1, 0.15) is 5.75 Å². The molecule has 0 spiro atoms. The zero-order chi connectivity index (χ0) is 18.7. The van der Waals surface area contributed by atoms with Crippen molar-refractivity contribution in [2.75, 3.05) is 6.54 Å². The number of hydrogen-bond acceptors (Lipinski definition) is 5. The minimum Gasteiger partial charge on any atom is -0.507 e. The zero-order valence-electron chi connectivity index (χ0n) is 13.9. The first-order valence-electron chi connectivity index (χ1n) is 7.91. The van der Waals surface area contributed by atoms with Gasteiger partial charge in [0.2, 0.25) is 0 Å². The topological polar surface area (TPSA) is 90.2 Å². The fraction of sp³-hybridized carbons (Fsp3) is 0.105. The highest BCUT2D eigenvalue weighted by Gasteiger charge is 2.32. The smallest absolute Gasteiger partial charge is 0.335 e. The third kappa shape index (κ3) is 3.62. The van der Waals surface area contributed by atoms with Crippen molar-refractivity contribution in [3.05, 3.63) is 64.6 Å². The number of phenols is 1. The van der Waals surface area contributed by atoms with E-state index in [1.807, 2.05) is 6.92 Å². The van der Waals surface area contributed by atoms with Crippen LogP contribution in [0.3, 0.4) is 0 Å². The van der Waals surface area contributed by atoms with Gasteiger partial charge >= 0.3 is 5.97 Å². The van der Waals surface area contributed by atoms with Crippen LogP contribution in [0, 0.1) is 0 Å². The number of benzene rings is 2. The highest BCUT2D eigenvalue weighted by molar-refractivity contribution is 8.18. The number of likely N-dealkylation sites (N-methyl/N-ethyl adjacent to an activating group) is 1. The van der Waals surface area contributed by atoms with Crippen LogP contribution >= 0.6 is 11.8 Å². The monoisotopic (exact) mass is 368 g/mol. The summed E-state index contributed by atoms with van der Waals surface area (Å²) in [6, 6.07) is 13.0. The van der Waals surface area contributed by atoms with E-state index >= 15 is 0 Å². The van der Waals surface area contributed by atoms with E-state index in [9.17, 15) is 14.7 Å². The summed E-state index contributed by atoms with van der Waals surface area (Å²) in [4.78, 5) is 30.1. The van der Waals surface area contributed by atoms with Crippen LogP contribution in [0.2, 0.25) is 0 Å². The number of amidine groups is 1. The number of aliphatic imine (C=N–C) groups is 1. The maximum Gasteiger partial charge on any atom is 0.335 e. The number of hydrogen-bond donors (Lipinski definition) is 2. The van der Waals surface area contributed by atoms with E-state index < -0.39 is 5.97 Å². The Labute approximate surface area is 154 Å². The predicted octanol–water partition coefficient (Wildman–Crippen LogP) is 3.71. The molecule has 2 aromatic rings. The lowest BCUT2D eigenvalue weighted by molar-refractivity contribution is -0.122. The van der Waals surface area contributed by atoms with Gasteiger partial charge in [0.05, 0.1) is 16.2 Å². The first-order valence-corrected chi connectivity index (χ1v) is 8.72. The number of amides is 1. The second-order valence-electron chi connectivity index (χ2n) is 5.47. The molecule has 0 unspecified atom stereocenters. The van der Waals surface area contributed by atoms with E-state index in [-0.39, 0.29) is 17.2 Å². The van der Waals surface area contributed by atoms with Gasteiger partial charge in [0.25, 0.3) is 5.91 Å². The number of aromatic hydroxyl groups is 1. The van der Waals surface area contributed by atoms with E-state index in [2.05, 4.69) is 4.99 Å². The van der Waals surface area contributed by atoms with Crippen molar-refractivity contribution in [2.45, 2.75) is 6.92 Å². The maximum absolute atomic E-state index is 12.6. The number of thioether (sulfide) groups is 1. The molecular formula is C19H16N2O4S. The molecule has 1 aliphatic rings. The van der Waals surface area contributed by atoms with Crippen LogP contribution in [0.25, 0.3) is 6.08 Å². The number of nitrogens with zero attached hydrogens (tertiary/aromatic N) is 2. The fourth-order valence-electron chi connectivity index (χ4n) is 2.44. The number of carbonyl (C=O) groups is 2. The lowest BCUT2D eigenvalue weighted by atomic mass is 10.2. The maximum atomic E-state index is 12.6. The average molecular weight is 368 g/mol. The Balaban J connectivity index is 1.96. The van der Waals surface area contributed by atoms with Gasteiger partial charge in [-0.3, -0.25) is 9.69 Å². The fourth-order valence-corrected chi connectivity index (χ4v) is 3.49. The summed E-state index contributed by atoms with van der Waals surface area (Å²) in [5.74, 6) is -1.14. The summed E-state index contributed by atoms with van der Waals surface area (Å²) in [6.45, 7) is 2.27. The van der Waals surface area contributed by atoms with Crippen LogP contribution in [0.1, 0.15) is 22.8 Å². The summed E-state index contributed by atoms with van der Waals surface area (Å²) >= 11 is 1.19. The van der Waals surface area contributed by atoms with E-state index in [4.69, 9.17) is 5.11 Å². The van der Waals surface area contributed by atoms with E-state index in [1.165, 1.54) is 28.8 Å². The number of rotatable bonds is 4. The molecule has 0 radical (unpaired) electrons. The minimum atomic E-state index is -1.03. The molecular weight excluding hydrogens is 352 g/mol. The second kappa shape index (κ2) is 7.45. The number of para-hydroxylation sites is 1. The lowest BCUT2D eigenvalue weighted by Gasteiger charge is -2.12. The molecule has 0 aliphatic carbocycles. The van der Waals surface area contributed by atoms with Crippen LogP contribution in [0.4, 0.5) is 5.69 Å². The van der Waals surface area contributed by atoms with Gasteiger partial charge in [-0.2, -0.15) is 0 Å². The third-order valence-corrected chi connectivity index (χ3v) is 4.75. The number of carboxylic acids is 1. The van der Waals surface area contributed by atoms with Crippen molar-refractivity contribution >= 4 is 40.6 Å². The SMILES string of the molecule is CCN1C(=O)/C(=C/c2ccccc2O)SC1=Nc1cccc(C(=O)O)c1. The molecule has 7 heteroatoms. The van der Waals surface area contributed by atoms with E-state index in [1.54, 1.807) is 42.5 Å². The van der Waals surface area contributed by atoms with E-state index in [0.717, 1.165) is 0 Å². The van der Waals surface area contributed by atoms with Crippen LogP contribution in [-0.4, -0.2) is 38.7 Å². The molecule has 1 saturated heterocycles. The lowest BCUT2D eigenvalue weighted by Crippen LogP contribution is -2.28. The normalized spacial score (nSPS) is 17.3. The summed E-state index contributed by atoms with van der Waals surface area (Å²) in [5, 5.41) is 19.5. The van der Waals surface area contributed by atoms with Crippen molar-refractivity contribution < 1.29 is 19.8 Å². The molecule has 6 nitrogen and oxygen atoms in total. The van der Waals surface area contributed by atoms with Gasteiger partial charge in [0.15, 0.2) is 5.17 Å². The van der Waals surface area contributed by atoms with Crippen molar-refractivity contribution in [3.63, 3.8) is 0 Å². The van der Waals surface area contributed by atoms with Gasteiger partial charge in [-0.1, -0.05) is 24.3 Å². The van der Waals surface area contributed by atoms with Crippen LogP contribution in [-0.2, 0) is 4.79 Å². The van der Waals surface area contributed by atoms with Gasteiger partial charge in [-0.15, -0.1) is 0 Å². The van der Waals surface area contributed by atoms with Crippen LogP contribution < -0.4 is 0 Å². The summed E-state index contributed by atoms with van der Waals surface area (Å²) in [6.07, 6.45) is 1.63. The van der Waals surface area contributed by atoms with Crippen molar-refractivity contribution in [1.29, 1.82) is 0 Å².